The third kappa shape index (κ3) is 2.58. The number of hydrogen-bond acceptors (Lipinski definition) is 4. The minimum Gasteiger partial charge on any atom is -0.460 e. The summed E-state index contributed by atoms with van der Waals surface area (Å²) in [6, 6.07) is 21.0. The number of furan rings is 1. The predicted octanol–water partition coefficient (Wildman–Crippen LogP) is 4.75. The van der Waals surface area contributed by atoms with E-state index in [1.54, 1.807) is 11.1 Å². The molecule has 2 N–H and O–H groups in total. The number of aromatic nitrogens is 2. The van der Waals surface area contributed by atoms with E-state index in [1.165, 1.54) is 0 Å². The maximum Gasteiger partial charge on any atom is 0.262 e. The molecule has 0 fully saturated rings. The molecule has 6 nitrogen and oxygen atoms in total. The van der Waals surface area contributed by atoms with Crippen molar-refractivity contribution in [1.29, 1.82) is 0 Å². The normalized spacial score (nSPS) is 16.0. The molecule has 0 bridgehead atoms. The van der Waals surface area contributed by atoms with Gasteiger partial charge in [-0.2, -0.15) is 5.10 Å². The van der Waals surface area contributed by atoms with Crippen molar-refractivity contribution in [3.05, 3.63) is 89.8 Å². The average Bonchev–Trinajstić information content (AvgIpc) is 3.37. The molecule has 3 heterocycles. The Hall–Kier alpha value is -3.80. The number of hydrogen-bond donors (Lipinski definition) is 2. The van der Waals surface area contributed by atoms with Crippen molar-refractivity contribution in [3.63, 3.8) is 0 Å². The van der Waals surface area contributed by atoms with Crippen molar-refractivity contribution < 1.29 is 9.21 Å². The van der Waals surface area contributed by atoms with Crippen molar-refractivity contribution in [1.82, 2.24) is 10.2 Å². The lowest BCUT2D eigenvalue weighted by atomic mass is 10.0. The van der Waals surface area contributed by atoms with E-state index in [4.69, 9.17) is 4.42 Å². The molecule has 0 saturated heterocycles. The minimum atomic E-state index is -0.427. The lowest BCUT2D eigenvalue weighted by molar-refractivity contribution is 0.0975. The summed E-state index contributed by atoms with van der Waals surface area (Å²) in [7, 11) is 0. The van der Waals surface area contributed by atoms with Crippen molar-refractivity contribution in [2.45, 2.75) is 13.1 Å². The summed E-state index contributed by atoms with van der Waals surface area (Å²) in [5.41, 5.74) is 3.83. The van der Waals surface area contributed by atoms with Crippen LogP contribution >= 0.6 is 0 Å². The van der Waals surface area contributed by atoms with Gasteiger partial charge >= 0.3 is 0 Å². The van der Waals surface area contributed by atoms with Gasteiger partial charge in [-0.15, -0.1) is 0 Å². The molecule has 1 unspecified atom stereocenters. The molecule has 0 radical (unpaired) electrons. The first-order valence-corrected chi connectivity index (χ1v) is 9.06. The summed E-state index contributed by atoms with van der Waals surface area (Å²) in [5.74, 6) is 1.44. The number of benzene rings is 2. The lowest BCUT2D eigenvalue weighted by Crippen LogP contribution is -2.43. The number of fused-ring (bicyclic) bond motifs is 1. The van der Waals surface area contributed by atoms with Crippen molar-refractivity contribution in [2.24, 2.45) is 0 Å². The zero-order chi connectivity index (χ0) is 19.1. The third-order valence-electron chi connectivity index (χ3n) is 4.91. The van der Waals surface area contributed by atoms with E-state index >= 15 is 0 Å². The highest BCUT2D eigenvalue weighted by Gasteiger charge is 2.36. The van der Waals surface area contributed by atoms with E-state index in [-0.39, 0.29) is 5.91 Å². The molecule has 5 rings (SSSR count). The Balaban J connectivity index is 1.67. The second-order valence-corrected chi connectivity index (χ2v) is 6.71. The summed E-state index contributed by atoms with van der Waals surface area (Å²) in [5, 5.41) is 10.7. The predicted molar refractivity (Wildman–Crippen MR) is 107 cm³/mol. The molecule has 138 valence electrons. The fourth-order valence-electron chi connectivity index (χ4n) is 3.60. The quantitative estimate of drug-likeness (QED) is 0.546. The number of H-pyrrole nitrogens is 1. The van der Waals surface area contributed by atoms with Crippen molar-refractivity contribution in [2.75, 3.05) is 10.2 Å². The van der Waals surface area contributed by atoms with Crippen molar-refractivity contribution in [3.8, 4) is 11.5 Å². The smallest absolute Gasteiger partial charge is 0.262 e. The molecule has 6 heteroatoms. The molecule has 1 atom stereocenters. The van der Waals surface area contributed by atoms with E-state index < -0.39 is 6.17 Å². The van der Waals surface area contributed by atoms with Gasteiger partial charge < -0.3 is 9.73 Å². The Morgan fingerprint density at radius 1 is 1.00 bits per heavy atom. The van der Waals surface area contributed by atoms with Crippen LogP contribution in [0, 0.1) is 6.92 Å². The SMILES string of the molecule is Cc1ccc(-c2[nH]ncc2C2Nc3ccccc3C(=O)N2c2ccccc2)o1. The molecule has 2 aromatic heterocycles. The fourth-order valence-corrected chi connectivity index (χ4v) is 3.60. The molecule has 1 aliphatic heterocycles. The molecular formula is C22H18N4O2. The summed E-state index contributed by atoms with van der Waals surface area (Å²) >= 11 is 0. The summed E-state index contributed by atoms with van der Waals surface area (Å²) in [6.45, 7) is 1.90. The molecule has 0 saturated carbocycles. The number of carbonyl (C=O) groups is 1. The van der Waals surface area contributed by atoms with Crippen LogP contribution in [0.4, 0.5) is 11.4 Å². The third-order valence-corrected chi connectivity index (χ3v) is 4.91. The average molecular weight is 370 g/mol. The molecular weight excluding hydrogens is 352 g/mol. The minimum absolute atomic E-state index is 0.0617. The Bertz CT molecular complexity index is 1150. The molecule has 2 aromatic carbocycles. The van der Waals surface area contributed by atoms with E-state index in [1.807, 2.05) is 73.7 Å². The summed E-state index contributed by atoms with van der Waals surface area (Å²) in [4.78, 5) is 15.2. The zero-order valence-corrected chi connectivity index (χ0v) is 15.2. The van der Waals surface area contributed by atoms with Crippen LogP contribution in [0.5, 0.6) is 0 Å². The maximum absolute atomic E-state index is 13.4. The first kappa shape index (κ1) is 16.4. The van der Waals surface area contributed by atoms with Crippen LogP contribution in [0.2, 0.25) is 0 Å². The largest absolute Gasteiger partial charge is 0.460 e. The monoisotopic (exact) mass is 370 g/mol. The number of anilines is 2. The van der Waals surface area contributed by atoms with Crippen LogP contribution < -0.4 is 10.2 Å². The lowest BCUT2D eigenvalue weighted by Gasteiger charge is -2.37. The van der Waals surface area contributed by atoms with E-state index in [0.717, 1.165) is 28.4 Å². The summed E-state index contributed by atoms with van der Waals surface area (Å²) in [6.07, 6.45) is 1.31. The Labute approximate surface area is 161 Å². The van der Waals surface area contributed by atoms with E-state index in [0.29, 0.717) is 11.3 Å². The highest BCUT2D eigenvalue weighted by atomic mass is 16.3. The van der Waals surface area contributed by atoms with Gasteiger partial charge in [-0.05, 0) is 43.3 Å². The van der Waals surface area contributed by atoms with Crippen LogP contribution in [-0.2, 0) is 0 Å². The number of nitrogens with one attached hydrogen (secondary N) is 2. The van der Waals surface area contributed by atoms with E-state index in [2.05, 4.69) is 15.5 Å². The fraction of sp³-hybridized carbons (Fsp3) is 0.0909. The highest BCUT2D eigenvalue weighted by molar-refractivity contribution is 6.12. The van der Waals surface area contributed by atoms with Crippen LogP contribution in [0.1, 0.15) is 27.8 Å². The van der Waals surface area contributed by atoms with Gasteiger partial charge in [0.15, 0.2) is 5.76 Å². The molecule has 0 spiro atoms. The Kier molecular flexibility index (Phi) is 3.76. The molecule has 4 aromatic rings. The maximum atomic E-state index is 13.4. The standard InChI is InChI=1S/C22H18N4O2/c1-14-11-12-19(28-14)20-17(13-23-25-20)21-24-18-10-6-5-9-16(18)22(27)26(21)15-7-3-2-4-8-15/h2-13,21,24H,1H3,(H,23,25). The Morgan fingerprint density at radius 2 is 1.79 bits per heavy atom. The molecule has 1 amide bonds. The first-order valence-electron chi connectivity index (χ1n) is 9.06. The van der Waals surface area contributed by atoms with Gasteiger partial charge in [-0.1, -0.05) is 30.3 Å². The van der Waals surface area contributed by atoms with Gasteiger partial charge in [0.25, 0.3) is 5.91 Å². The second-order valence-electron chi connectivity index (χ2n) is 6.71. The number of aryl methyl sites for hydroxylation is 1. The molecule has 0 aliphatic carbocycles. The number of nitrogens with zero attached hydrogens (tertiary/aromatic N) is 2. The topological polar surface area (TPSA) is 74.2 Å². The highest BCUT2D eigenvalue weighted by Crippen LogP contribution is 2.39. The number of carbonyl (C=O) groups excluding carboxylic acids is 1. The number of amides is 1. The van der Waals surface area contributed by atoms with Crippen molar-refractivity contribution >= 4 is 17.3 Å². The molecule has 28 heavy (non-hydrogen) atoms. The van der Waals surface area contributed by atoms with Crippen LogP contribution in [0.15, 0.2) is 77.3 Å². The number of aromatic amines is 1. The van der Waals surface area contributed by atoms with Gasteiger partial charge in [-0.3, -0.25) is 14.8 Å². The van der Waals surface area contributed by atoms with Gasteiger partial charge in [-0.25, -0.2) is 0 Å². The second kappa shape index (κ2) is 6.42. The van der Waals surface area contributed by atoms with Gasteiger partial charge in [0.05, 0.1) is 11.8 Å². The van der Waals surface area contributed by atoms with Crippen LogP contribution in [-0.4, -0.2) is 16.1 Å². The van der Waals surface area contributed by atoms with Gasteiger partial charge in [0.2, 0.25) is 0 Å². The Morgan fingerprint density at radius 3 is 2.57 bits per heavy atom. The number of para-hydroxylation sites is 2. The van der Waals surface area contributed by atoms with Crippen LogP contribution in [0.3, 0.4) is 0 Å². The van der Waals surface area contributed by atoms with Crippen LogP contribution in [0.25, 0.3) is 11.5 Å². The zero-order valence-electron chi connectivity index (χ0n) is 15.2. The van der Waals surface area contributed by atoms with Gasteiger partial charge in [0.1, 0.15) is 17.6 Å². The van der Waals surface area contributed by atoms with Gasteiger partial charge in [0, 0.05) is 16.9 Å². The summed E-state index contributed by atoms with van der Waals surface area (Å²) < 4.78 is 5.79. The number of rotatable bonds is 3. The van der Waals surface area contributed by atoms with E-state index in [9.17, 15) is 4.79 Å². The molecule has 1 aliphatic rings. The first-order chi connectivity index (χ1) is 13.7.